The lowest BCUT2D eigenvalue weighted by atomic mass is 10.0. The van der Waals surface area contributed by atoms with Crippen LogP contribution in [0.15, 0.2) is 91.1 Å². The second kappa shape index (κ2) is 10.0. The van der Waals surface area contributed by atoms with Crippen molar-refractivity contribution in [3.63, 3.8) is 0 Å². The van der Waals surface area contributed by atoms with Crippen molar-refractivity contribution >= 4 is 23.3 Å². The van der Waals surface area contributed by atoms with Gasteiger partial charge >= 0.3 is 6.03 Å². The molecule has 1 aliphatic heterocycles. The summed E-state index contributed by atoms with van der Waals surface area (Å²) in [6.45, 7) is 4.24. The van der Waals surface area contributed by atoms with E-state index in [0.717, 1.165) is 45.3 Å². The number of nitrogens with zero attached hydrogens (tertiary/aromatic N) is 4. The maximum atomic E-state index is 14.2. The molecule has 0 saturated carbocycles. The Balaban J connectivity index is 1.55. The molecule has 3 aromatic carbocycles. The number of benzene rings is 3. The zero-order valence-corrected chi connectivity index (χ0v) is 22.7. The number of urea groups is 1. The van der Waals surface area contributed by atoms with Gasteiger partial charge in [-0.05, 0) is 73.5 Å². The summed E-state index contributed by atoms with van der Waals surface area (Å²) in [5.41, 5.74) is 6.15. The molecular weight excluding hydrogens is 510 g/mol. The largest absolute Gasteiger partial charge is 0.497 e. The summed E-state index contributed by atoms with van der Waals surface area (Å²) < 4.78 is 9.66. The van der Waals surface area contributed by atoms with Crippen molar-refractivity contribution in [1.82, 2.24) is 19.2 Å². The number of carbonyl (C=O) groups excluding carboxylic acids is 1. The SMILES string of the molecule is COc1cccc([C@@H]2c3cccn3-c3c(c(C)nn3-c3ccccc3)CN2C(=O)Nc2cccc(Cl)c2C)c1. The first kappa shape index (κ1) is 24.8. The van der Waals surface area contributed by atoms with Crippen molar-refractivity contribution in [3.8, 4) is 17.3 Å². The number of fused-ring (bicyclic) bond motifs is 3. The van der Waals surface area contributed by atoms with Crippen LogP contribution in [0.5, 0.6) is 5.75 Å². The predicted molar refractivity (Wildman–Crippen MR) is 153 cm³/mol. The van der Waals surface area contributed by atoms with Crippen LogP contribution in [-0.2, 0) is 6.54 Å². The fourth-order valence-corrected chi connectivity index (χ4v) is 5.42. The molecule has 196 valence electrons. The van der Waals surface area contributed by atoms with Gasteiger partial charge in [-0.3, -0.25) is 0 Å². The summed E-state index contributed by atoms with van der Waals surface area (Å²) in [6.07, 6.45) is 2.03. The number of methoxy groups -OCH3 is 1. The molecule has 0 bridgehead atoms. The van der Waals surface area contributed by atoms with E-state index in [1.54, 1.807) is 7.11 Å². The molecule has 2 aromatic heterocycles. The van der Waals surface area contributed by atoms with Crippen LogP contribution in [0.3, 0.4) is 0 Å². The molecule has 0 fully saturated rings. The Bertz CT molecular complexity index is 1670. The van der Waals surface area contributed by atoms with Gasteiger partial charge in [0.1, 0.15) is 11.6 Å². The normalized spacial score (nSPS) is 14.4. The molecule has 0 radical (unpaired) electrons. The highest BCUT2D eigenvalue weighted by Crippen LogP contribution is 2.39. The molecular formula is C31H28ClN5O2. The van der Waals surface area contributed by atoms with Crippen molar-refractivity contribution in [1.29, 1.82) is 0 Å². The summed E-state index contributed by atoms with van der Waals surface area (Å²) in [5.74, 6) is 1.64. The summed E-state index contributed by atoms with van der Waals surface area (Å²) in [5, 5.41) is 8.64. The molecule has 2 amide bonds. The van der Waals surface area contributed by atoms with E-state index in [0.29, 0.717) is 17.3 Å². The highest BCUT2D eigenvalue weighted by Gasteiger charge is 2.36. The van der Waals surface area contributed by atoms with Crippen molar-refractivity contribution in [2.24, 2.45) is 0 Å². The van der Waals surface area contributed by atoms with E-state index in [-0.39, 0.29) is 6.03 Å². The standard InChI is InChI=1S/C31H28ClN5O2/c1-20-26(32)14-8-15-27(20)33-31(38)36-19-25-21(2)34-37(23-11-5-4-6-12-23)30(25)35-17-9-16-28(35)29(36)22-10-7-13-24(18-22)39-3/h4-18,29H,19H2,1-3H3,(H,33,38)/t29-/m1/s1. The van der Waals surface area contributed by atoms with E-state index in [9.17, 15) is 4.79 Å². The van der Waals surface area contributed by atoms with E-state index >= 15 is 0 Å². The first-order valence-corrected chi connectivity index (χ1v) is 13.1. The number of nitrogens with one attached hydrogen (secondary N) is 1. The number of halogens is 1. The summed E-state index contributed by atoms with van der Waals surface area (Å²) in [6, 6.07) is 26.9. The number of hydrogen-bond donors (Lipinski definition) is 1. The molecule has 1 atom stereocenters. The minimum atomic E-state index is -0.398. The van der Waals surface area contributed by atoms with Gasteiger partial charge in [0, 0.05) is 22.5 Å². The van der Waals surface area contributed by atoms with Crippen LogP contribution >= 0.6 is 11.6 Å². The Kier molecular flexibility index (Phi) is 6.37. The van der Waals surface area contributed by atoms with Gasteiger partial charge in [0.2, 0.25) is 0 Å². The molecule has 8 heteroatoms. The molecule has 3 heterocycles. The van der Waals surface area contributed by atoms with E-state index in [1.807, 2.05) is 108 Å². The zero-order chi connectivity index (χ0) is 27.1. The van der Waals surface area contributed by atoms with Crippen LogP contribution in [0.1, 0.15) is 34.1 Å². The minimum absolute atomic E-state index is 0.236. The van der Waals surface area contributed by atoms with E-state index in [1.165, 1.54) is 0 Å². The highest BCUT2D eigenvalue weighted by atomic mass is 35.5. The molecule has 0 saturated heterocycles. The lowest BCUT2D eigenvalue weighted by Gasteiger charge is -2.31. The molecule has 0 spiro atoms. The fourth-order valence-electron chi connectivity index (χ4n) is 5.24. The Morgan fingerprint density at radius 3 is 2.59 bits per heavy atom. The maximum absolute atomic E-state index is 14.2. The molecule has 0 unspecified atom stereocenters. The number of carbonyl (C=O) groups is 1. The van der Waals surface area contributed by atoms with Gasteiger partial charge in [-0.15, -0.1) is 0 Å². The summed E-state index contributed by atoms with van der Waals surface area (Å²) in [7, 11) is 1.65. The number of rotatable bonds is 4. The van der Waals surface area contributed by atoms with Crippen LogP contribution in [0.2, 0.25) is 5.02 Å². The van der Waals surface area contributed by atoms with Crippen LogP contribution in [0.25, 0.3) is 11.5 Å². The highest BCUT2D eigenvalue weighted by molar-refractivity contribution is 6.31. The molecule has 6 rings (SSSR count). The third-order valence-electron chi connectivity index (χ3n) is 7.27. The molecule has 39 heavy (non-hydrogen) atoms. The molecule has 1 aliphatic rings. The third-order valence-corrected chi connectivity index (χ3v) is 7.68. The smallest absolute Gasteiger partial charge is 0.322 e. The number of aromatic nitrogens is 3. The van der Waals surface area contributed by atoms with Crippen molar-refractivity contribution < 1.29 is 9.53 Å². The topological polar surface area (TPSA) is 64.3 Å². The fraction of sp³-hybridized carbons (Fsp3) is 0.161. The lowest BCUT2D eigenvalue weighted by molar-refractivity contribution is 0.194. The number of hydrogen-bond acceptors (Lipinski definition) is 3. The zero-order valence-electron chi connectivity index (χ0n) is 21.9. The monoisotopic (exact) mass is 537 g/mol. The van der Waals surface area contributed by atoms with Gasteiger partial charge in [-0.2, -0.15) is 5.10 Å². The Hall–Kier alpha value is -4.49. The van der Waals surface area contributed by atoms with Crippen molar-refractivity contribution in [2.75, 3.05) is 12.4 Å². The first-order valence-electron chi connectivity index (χ1n) is 12.7. The van der Waals surface area contributed by atoms with E-state index < -0.39 is 6.04 Å². The van der Waals surface area contributed by atoms with Crippen LogP contribution < -0.4 is 10.1 Å². The average Bonchev–Trinajstić information content (AvgIpc) is 3.52. The second-order valence-electron chi connectivity index (χ2n) is 9.59. The number of aryl methyl sites for hydroxylation is 1. The van der Waals surface area contributed by atoms with Gasteiger partial charge in [0.25, 0.3) is 0 Å². The van der Waals surface area contributed by atoms with Gasteiger partial charge in [0.05, 0.1) is 36.8 Å². The summed E-state index contributed by atoms with van der Waals surface area (Å²) >= 11 is 6.37. The predicted octanol–water partition coefficient (Wildman–Crippen LogP) is 7.08. The number of ether oxygens (including phenoxy) is 1. The van der Waals surface area contributed by atoms with Gasteiger partial charge in [-0.1, -0.05) is 48.0 Å². The molecule has 1 N–H and O–H groups in total. The number of para-hydroxylation sites is 1. The Morgan fingerprint density at radius 2 is 1.79 bits per heavy atom. The molecule has 7 nitrogen and oxygen atoms in total. The molecule has 5 aromatic rings. The molecule has 0 aliphatic carbocycles. The first-order chi connectivity index (χ1) is 19.0. The number of amides is 2. The quantitative estimate of drug-likeness (QED) is 0.266. The number of anilines is 1. The summed E-state index contributed by atoms with van der Waals surface area (Å²) in [4.78, 5) is 16.0. The Labute approximate surface area is 232 Å². The van der Waals surface area contributed by atoms with Crippen LogP contribution in [0, 0.1) is 13.8 Å². The average molecular weight is 538 g/mol. The minimum Gasteiger partial charge on any atom is -0.497 e. The Morgan fingerprint density at radius 1 is 1.00 bits per heavy atom. The van der Waals surface area contributed by atoms with Crippen molar-refractivity contribution in [2.45, 2.75) is 26.4 Å². The van der Waals surface area contributed by atoms with E-state index in [4.69, 9.17) is 21.4 Å². The van der Waals surface area contributed by atoms with E-state index in [2.05, 4.69) is 16.0 Å². The lowest BCUT2D eigenvalue weighted by Crippen LogP contribution is -2.38. The second-order valence-corrected chi connectivity index (χ2v) is 9.99. The van der Waals surface area contributed by atoms with Crippen LogP contribution in [0.4, 0.5) is 10.5 Å². The van der Waals surface area contributed by atoms with Crippen LogP contribution in [-0.4, -0.2) is 32.4 Å². The maximum Gasteiger partial charge on any atom is 0.322 e. The van der Waals surface area contributed by atoms with Gasteiger partial charge < -0.3 is 19.5 Å². The van der Waals surface area contributed by atoms with Gasteiger partial charge in [0.15, 0.2) is 0 Å². The van der Waals surface area contributed by atoms with Gasteiger partial charge in [-0.25, -0.2) is 9.48 Å². The van der Waals surface area contributed by atoms with Crippen molar-refractivity contribution in [3.05, 3.63) is 124 Å². The third kappa shape index (κ3) is 4.34.